The van der Waals surface area contributed by atoms with E-state index >= 15 is 0 Å². The van der Waals surface area contributed by atoms with E-state index in [1.165, 1.54) is 0 Å². The molecule has 5 heteroatoms. The fourth-order valence-electron chi connectivity index (χ4n) is 2.77. The number of aryl methyl sites for hydroxylation is 3. The topological polar surface area (TPSA) is 64.4 Å². The molecule has 0 fully saturated rings. The summed E-state index contributed by atoms with van der Waals surface area (Å²) in [6, 6.07) is 15.2. The summed E-state index contributed by atoms with van der Waals surface area (Å²) in [4.78, 5) is 12.4. The second-order valence-electron chi connectivity index (χ2n) is 6.27. The number of aromatic nitrogens is 1. The average Bonchev–Trinajstić information content (AvgIpc) is 2.93. The lowest BCUT2D eigenvalue weighted by Crippen LogP contribution is -2.13. The molecule has 0 aliphatic heterocycles. The highest BCUT2D eigenvalue weighted by molar-refractivity contribution is 5.92. The molecule has 2 aromatic carbocycles. The van der Waals surface area contributed by atoms with Crippen molar-refractivity contribution in [2.75, 3.05) is 5.32 Å². The first kappa shape index (κ1) is 17.7. The fourth-order valence-corrected chi connectivity index (χ4v) is 2.77. The Kier molecular flexibility index (Phi) is 5.37. The van der Waals surface area contributed by atoms with Crippen LogP contribution in [0.1, 0.15) is 29.0 Å². The Balaban J connectivity index is 1.67. The van der Waals surface area contributed by atoms with Gasteiger partial charge >= 0.3 is 0 Å². The van der Waals surface area contributed by atoms with E-state index in [1.807, 2.05) is 69.3 Å². The van der Waals surface area contributed by atoms with E-state index in [0.29, 0.717) is 24.3 Å². The highest BCUT2D eigenvalue weighted by Crippen LogP contribution is 2.29. The predicted molar refractivity (Wildman–Crippen MR) is 101 cm³/mol. The summed E-state index contributed by atoms with van der Waals surface area (Å²) in [5.41, 5.74) is 3.59. The lowest BCUT2D eigenvalue weighted by molar-refractivity contribution is -0.116. The van der Waals surface area contributed by atoms with Gasteiger partial charge in [0, 0.05) is 12.0 Å². The van der Waals surface area contributed by atoms with Crippen LogP contribution in [0.3, 0.4) is 0 Å². The number of nitrogens with zero attached hydrogens (tertiary/aromatic N) is 1. The normalized spacial score (nSPS) is 10.6. The summed E-state index contributed by atoms with van der Waals surface area (Å²) in [5, 5.41) is 6.85. The van der Waals surface area contributed by atoms with E-state index in [0.717, 1.165) is 28.3 Å². The molecule has 1 heterocycles. The molecule has 0 saturated heterocycles. The predicted octanol–water partition coefficient (Wildman–Crippen LogP) is 4.96. The molecular formula is C21H22N2O3. The van der Waals surface area contributed by atoms with Gasteiger partial charge in [-0.05, 0) is 57.0 Å². The maximum absolute atomic E-state index is 12.4. The maximum atomic E-state index is 12.4. The Morgan fingerprint density at radius 2 is 1.92 bits per heavy atom. The Morgan fingerprint density at radius 1 is 1.12 bits per heavy atom. The molecule has 0 aliphatic rings. The van der Waals surface area contributed by atoms with Gasteiger partial charge in [0.2, 0.25) is 5.91 Å². The van der Waals surface area contributed by atoms with Gasteiger partial charge in [-0.15, -0.1) is 0 Å². The third-order valence-corrected chi connectivity index (χ3v) is 4.16. The second kappa shape index (κ2) is 7.87. The highest BCUT2D eigenvalue weighted by Gasteiger charge is 2.13. The number of ether oxygens (including phenoxy) is 1. The summed E-state index contributed by atoms with van der Waals surface area (Å²) in [6.45, 7) is 5.75. The van der Waals surface area contributed by atoms with Crippen LogP contribution in [0.4, 0.5) is 5.69 Å². The number of carbonyl (C=O) groups excluding carboxylic acids is 1. The van der Waals surface area contributed by atoms with Crippen molar-refractivity contribution < 1.29 is 14.1 Å². The first-order valence-corrected chi connectivity index (χ1v) is 8.58. The van der Waals surface area contributed by atoms with Crippen LogP contribution < -0.4 is 10.1 Å². The molecule has 0 atom stereocenters. The van der Waals surface area contributed by atoms with Gasteiger partial charge in [0.05, 0.1) is 11.4 Å². The molecule has 1 aromatic heterocycles. The van der Waals surface area contributed by atoms with Gasteiger partial charge < -0.3 is 14.6 Å². The van der Waals surface area contributed by atoms with Crippen LogP contribution >= 0.6 is 0 Å². The Bertz CT molecular complexity index is 896. The summed E-state index contributed by atoms with van der Waals surface area (Å²) in [7, 11) is 0. The summed E-state index contributed by atoms with van der Waals surface area (Å²) in [5.74, 6) is 2.04. The molecule has 1 amide bonds. The molecule has 0 bridgehead atoms. The van der Waals surface area contributed by atoms with Crippen molar-refractivity contribution in [1.29, 1.82) is 0 Å². The maximum Gasteiger partial charge on any atom is 0.224 e. The third-order valence-electron chi connectivity index (χ3n) is 4.16. The minimum atomic E-state index is -0.0784. The average molecular weight is 350 g/mol. The first-order chi connectivity index (χ1) is 12.5. The van der Waals surface area contributed by atoms with Crippen molar-refractivity contribution in [2.45, 2.75) is 33.6 Å². The number of hydrogen-bond donors (Lipinski definition) is 1. The molecule has 3 aromatic rings. The summed E-state index contributed by atoms with van der Waals surface area (Å²) in [6.07, 6.45) is 0.940. The van der Waals surface area contributed by atoms with Crippen LogP contribution in [0, 0.1) is 20.8 Å². The second-order valence-corrected chi connectivity index (χ2v) is 6.27. The molecule has 0 spiro atoms. The SMILES string of the molecule is Cc1cccc(Oc2ccccc2NC(=O)CCc2c(C)noc2C)c1. The summed E-state index contributed by atoms with van der Waals surface area (Å²) >= 11 is 0. The van der Waals surface area contributed by atoms with E-state index in [4.69, 9.17) is 9.26 Å². The van der Waals surface area contributed by atoms with Crippen molar-refractivity contribution in [3.8, 4) is 11.5 Å². The van der Waals surface area contributed by atoms with Crippen LogP contribution in [0.2, 0.25) is 0 Å². The number of carbonyl (C=O) groups is 1. The van der Waals surface area contributed by atoms with E-state index in [1.54, 1.807) is 0 Å². The largest absolute Gasteiger partial charge is 0.455 e. The van der Waals surface area contributed by atoms with Gasteiger partial charge in [0.25, 0.3) is 0 Å². The molecule has 3 rings (SSSR count). The highest BCUT2D eigenvalue weighted by atomic mass is 16.5. The number of anilines is 1. The van der Waals surface area contributed by atoms with Gasteiger partial charge in [0.1, 0.15) is 11.5 Å². The molecule has 0 aliphatic carbocycles. The zero-order valence-corrected chi connectivity index (χ0v) is 15.2. The van der Waals surface area contributed by atoms with Gasteiger partial charge in [-0.3, -0.25) is 4.79 Å². The molecular weight excluding hydrogens is 328 g/mol. The van der Waals surface area contributed by atoms with Crippen molar-refractivity contribution in [3.63, 3.8) is 0 Å². The van der Waals surface area contributed by atoms with Gasteiger partial charge in [0.15, 0.2) is 5.75 Å². The molecule has 5 nitrogen and oxygen atoms in total. The number of hydrogen-bond acceptors (Lipinski definition) is 4. The Hall–Kier alpha value is -3.08. The minimum Gasteiger partial charge on any atom is -0.455 e. The van der Waals surface area contributed by atoms with E-state index in [9.17, 15) is 4.79 Å². The molecule has 26 heavy (non-hydrogen) atoms. The number of rotatable bonds is 6. The van der Waals surface area contributed by atoms with Crippen LogP contribution in [0.25, 0.3) is 0 Å². The van der Waals surface area contributed by atoms with Crippen LogP contribution in [0.15, 0.2) is 53.1 Å². The van der Waals surface area contributed by atoms with E-state index < -0.39 is 0 Å². The summed E-state index contributed by atoms with van der Waals surface area (Å²) < 4.78 is 11.1. The zero-order valence-electron chi connectivity index (χ0n) is 15.2. The van der Waals surface area contributed by atoms with Crippen LogP contribution in [0.5, 0.6) is 11.5 Å². The van der Waals surface area contributed by atoms with E-state index in [-0.39, 0.29) is 5.91 Å². The van der Waals surface area contributed by atoms with Crippen molar-refractivity contribution in [1.82, 2.24) is 5.16 Å². The molecule has 0 radical (unpaired) electrons. The lowest BCUT2D eigenvalue weighted by Gasteiger charge is -2.12. The lowest BCUT2D eigenvalue weighted by atomic mass is 10.1. The zero-order chi connectivity index (χ0) is 18.5. The van der Waals surface area contributed by atoms with Crippen LogP contribution in [-0.4, -0.2) is 11.1 Å². The van der Waals surface area contributed by atoms with Crippen molar-refractivity contribution >= 4 is 11.6 Å². The fraction of sp³-hybridized carbons (Fsp3) is 0.238. The molecule has 0 unspecified atom stereocenters. The number of benzene rings is 2. The van der Waals surface area contributed by atoms with Gasteiger partial charge in [-0.2, -0.15) is 0 Å². The Labute approximate surface area is 153 Å². The first-order valence-electron chi connectivity index (χ1n) is 8.58. The van der Waals surface area contributed by atoms with Gasteiger partial charge in [-0.1, -0.05) is 29.4 Å². The molecule has 0 saturated carbocycles. The molecule has 1 N–H and O–H groups in total. The standard InChI is InChI=1S/C21H22N2O3/c1-14-7-6-8-17(13-14)25-20-10-5-4-9-19(20)22-21(24)12-11-18-15(2)23-26-16(18)3/h4-10,13H,11-12H2,1-3H3,(H,22,24). The van der Waals surface area contributed by atoms with Crippen molar-refractivity contribution in [2.24, 2.45) is 0 Å². The minimum absolute atomic E-state index is 0.0784. The monoisotopic (exact) mass is 350 g/mol. The number of para-hydroxylation sites is 2. The molecule has 134 valence electrons. The smallest absolute Gasteiger partial charge is 0.224 e. The number of amides is 1. The van der Waals surface area contributed by atoms with Crippen LogP contribution in [-0.2, 0) is 11.2 Å². The third kappa shape index (κ3) is 4.30. The van der Waals surface area contributed by atoms with E-state index in [2.05, 4.69) is 10.5 Å². The van der Waals surface area contributed by atoms with Crippen molar-refractivity contribution in [3.05, 3.63) is 71.1 Å². The van der Waals surface area contributed by atoms with Gasteiger partial charge in [-0.25, -0.2) is 0 Å². The quantitative estimate of drug-likeness (QED) is 0.682. The number of nitrogens with one attached hydrogen (secondary N) is 1. The Morgan fingerprint density at radius 3 is 2.65 bits per heavy atom.